The van der Waals surface area contributed by atoms with Crippen molar-refractivity contribution in [2.24, 2.45) is 5.92 Å². The summed E-state index contributed by atoms with van der Waals surface area (Å²) in [4.78, 5) is 16.0. The molecule has 0 unspecified atom stereocenters. The van der Waals surface area contributed by atoms with E-state index in [1.165, 1.54) is 5.56 Å². The first-order chi connectivity index (χ1) is 15.2. The highest BCUT2D eigenvalue weighted by Gasteiger charge is 2.45. The first-order valence-corrected chi connectivity index (χ1v) is 11.6. The number of amides is 1. The van der Waals surface area contributed by atoms with Crippen LogP contribution in [0.5, 0.6) is 0 Å². The van der Waals surface area contributed by atoms with Gasteiger partial charge in [0.1, 0.15) is 0 Å². The first-order valence-electron chi connectivity index (χ1n) is 11.2. The van der Waals surface area contributed by atoms with Crippen LogP contribution in [0.25, 0.3) is 5.52 Å². The maximum absolute atomic E-state index is 14.0. The number of benzene rings is 1. The maximum atomic E-state index is 14.0. The molecule has 3 heterocycles. The van der Waals surface area contributed by atoms with Crippen molar-refractivity contribution in [3.8, 4) is 0 Å². The number of fused-ring (bicyclic) bond motifs is 1. The van der Waals surface area contributed by atoms with Crippen molar-refractivity contribution in [2.75, 3.05) is 26.3 Å². The molecule has 5 rings (SSSR count). The standard InChI is InChI=1S/C25H28ClN3O2/c26-22-7-5-21(6-8-22)25(10-1-2-11-25)24(30)28-14-15-31-18-19(17-28)16-20-4-3-13-29-23(20)9-12-27-29/h3-9,12-13,19H,1-2,10-11,14-18H2/t19-/m1/s1. The summed E-state index contributed by atoms with van der Waals surface area (Å²) in [5, 5.41) is 5.06. The molecule has 1 aromatic carbocycles. The van der Waals surface area contributed by atoms with Crippen molar-refractivity contribution >= 4 is 23.0 Å². The summed E-state index contributed by atoms with van der Waals surface area (Å²) in [5.41, 5.74) is 3.05. The minimum atomic E-state index is -0.426. The second-order valence-corrected chi connectivity index (χ2v) is 9.32. The molecule has 1 saturated heterocycles. The molecule has 162 valence electrons. The molecule has 31 heavy (non-hydrogen) atoms. The van der Waals surface area contributed by atoms with E-state index in [1.54, 1.807) is 0 Å². The molecule has 5 nitrogen and oxygen atoms in total. The predicted octanol–water partition coefficient (Wildman–Crippen LogP) is 4.52. The Morgan fingerprint density at radius 2 is 1.97 bits per heavy atom. The third-order valence-electron chi connectivity index (χ3n) is 6.92. The fraction of sp³-hybridized carbons (Fsp3) is 0.440. The van der Waals surface area contributed by atoms with Gasteiger partial charge in [0.15, 0.2) is 0 Å². The van der Waals surface area contributed by atoms with Crippen LogP contribution in [0, 0.1) is 5.92 Å². The van der Waals surface area contributed by atoms with E-state index in [0.717, 1.165) is 49.7 Å². The van der Waals surface area contributed by atoms with Crippen molar-refractivity contribution in [1.29, 1.82) is 0 Å². The molecular weight excluding hydrogens is 410 g/mol. The molecule has 6 heteroatoms. The lowest BCUT2D eigenvalue weighted by Gasteiger charge is -2.35. The number of carbonyl (C=O) groups excluding carboxylic acids is 1. The molecule has 1 aliphatic carbocycles. The van der Waals surface area contributed by atoms with Gasteiger partial charge in [-0.05, 0) is 54.7 Å². The normalized spacial score (nSPS) is 21.3. The monoisotopic (exact) mass is 437 g/mol. The summed E-state index contributed by atoms with van der Waals surface area (Å²) in [6.07, 6.45) is 8.65. The van der Waals surface area contributed by atoms with Crippen LogP contribution >= 0.6 is 11.6 Å². The third kappa shape index (κ3) is 3.97. The van der Waals surface area contributed by atoms with Crippen LogP contribution < -0.4 is 0 Å². The first kappa shape index (κ1) is 20.5. The van der Waals surface area contributed by atoms with Crippen molar-refractivity contribution in [1.82, 2.24) is 14.5 Å². The lowest BCUT2D eigenvalue weighted by atomic mass is 9.77. The molecule has 2 fully saturated rings. The SMILES string of the molecule is O=C(N1CCOC[C@H](Cc2cccn3nccc23)C1)C1(c2ccc(Cl)cc2)CCCC1. The highest BCUT2D eigenvalue weighted by atomic mass is 35.5. The van der Waals surface area contributed by atoms with Gasteiger partial charge in [-0.25, -0.2) is 4.52 Å². The summed E-state index contributed by atoms with van der Waals surface area (Å²) in [7, 11) is 0. The Kier molecular flexibility index (Phi) is 5.72. The zero-order valence-corrected chi connectivity index (χ0v) is 18.4. The number of carbonyl (C=O) groups is 1. The van der Waals surface area contributed by atoms with E-state index in [0.29, 0.717) is 24.8 Å². The lowest BCUT2D eigenvalue weighted by Crippen LogP contribution is -2.47. The number of aromatic nitrogens is 2. The summed E-state index contributed by atoms with van der Waals surface area (Å²) in [5.74, 6) is 0.515. The molecule has 0 bridgehead atoms. The predicted molar refractivity (Wildman–Crippen MR) is 121 cm³/mol. The van der Waals surface area contributed by atoms with Crippen molar-refractivity contribution in [3.05, 3.63) is 71.0 Å². The zero-order chi connectivity index (χ0) is 21.3. The second-order valence-electron chi connectivity index (χ2n) is 8.89. The number of hydrogen-bond donors (Lipinski definition) is 0. The minimum Gasteiger partial charge on any atom is -0.379 e. The zero-order valence-electron chi connectivity index (χ0n) is 17.7. The largest absolute Gasteiger partial charge is 0.379 e. The van der Waals surface area contributed by atoms with E-state index in [-0.39, 0.29) is 11.8 Å². The molecule has 2 aromatic heterocycles. The second kappa shape index (κ2) is 8.64. The van der Waals surface area contributed by atoms with Crippen LogP contribution in [0.15, 0.2) is 54.9 Å². The minimum absolute atomic E-state index is 0.255. The van der Waals surface area contributed by atoms with Gasteiger partial charge in [-0.1, -0.05) is 42.6 Å². The number of ether oxygens (including phenoxy) is 1. The van der Waals surface area contributed by atoms with Crippen LogP contribution in [0.2, 0.25) is 5.02 Å². The van der Waals surface area contributed by atoms with E-state index in [2.05, 4.69) is 16.1 Å². The molecule has 1 atom stereocenters. The van der Waals surface area contributed by atoms with Crippen LogP contribution in [-0.4, -0.2) is 46.7 Å². The average Bonchev–Trinajstić information content (AvgIpc) is 3.41. The molecule has 0 radical (unpaired) electrons. The van der Waals surface area contributed by atoms with E-state index in [9.17, 15) is 4.79 Å². The smallest absolute Gasteiger partial charge is 0.233 e. The van der Waals surface area contributed by atoms with Crippen LogP contribution in [0.3, 0.4) is 0 Å². The van der Waals surface area contributed by atoms with Crippen molar-refractivity contribution < 1.29 is 9.53 Å². The quantitative estimate of drug-likeness (QED) is 0.603. The maximum Gasteiger partial charge on any atom is 0.233 e. The van der Waals surface area contributed by atoms with Gasteiger partial charge < -0.3 is 9.64 Å². The van der Waals surface area contributed by atoms with E-state index < -0.39 is 5.41 Å². The highest BCUT2D eigenvalue weighted by Crippen LogP contribution is 2.43. The lowest BCUT2D eigenvalue weighted by molar-refractivity contribution is -0.137. The fourth-order valence-electron chi connectivity index (χ4n) is 5.36. The van der Waals surface area contributed by atoms with E-state index in [1.807, 2.05) is 53.3 Å². The molecule has 2 aliphatic rings. The Bertz CT molecular complexity index is 1060. The van der Waals surface area contributed by atoms with Crippen molar-refractivity contribution in [2.45, 2.75) is 37.5 Å². The van der Waals surface area contributed by atoms with Crippen molar-refractivity contribution in [3.63, 3.8) is 0 Å². The molecule has 0 N–H and O–H groups in total. The van der Waals surface area contributed by atoms with Gasteiger partial charge in [0.2, 0.25) is 5.91 Å². The van der Waals surface area contributed by atoms with Gasteiger partial charge in [-0.15, -0.1) is 0 Å². The number of rotatable bonds is 4. The molecule has 0 spiro atoms. The third-order valence-corrected chi connectivity index (χ3v) is 7.17. The number of halogens is 1. The van der Waals surface area contributed by atoms with Gasteiger partial charge in [0.05, 0.1) is 24.1 Å². The highest BCUT2D eigenvalue weighted by molar-refractivity contribution is 6.30. The van der Waals surface area contributed by atoms with Gasteiger partial charge in [-0.2, -0.15) is 5.10 Å². The van der Waals surface area contributed by atoms with Gasteiger partial charge in [-0.3, -0.25) is 4.79 Å². The molecule has 3 aromatic rings. The summed E-state index contributed by atoms with van der Waals surface area (Å²) in [6, 6.07) is 14.1. The van der Waals surface area contributed by atoms with Crippen LogP contribution in [0.1, 0.15) is 36.8 Å². The van der Waals surface area contributed by atoms with Crippen LogP contribution in [0.4, 0.5) is 0 Å². The average molecular weight is 438 g/mol. The number of hydrogen-bond acceptors (Lipinski definition) is 3. The molecule has 1 aliphatic heterocycles. The number of nitrogens with zero attached hydrogens (tertiary/aromatic N) is 3. The Hall–Kier alpha value is -2.37. The van der Waals surface area contributed by atoms with E-state index >= 15 is 0 Å². The topological polar surface area (TPSA) is 46.8 Å². The molecule has 1 saturated carbocycles. The van der Waals surface area contributed by atoms with Gasteiger partial charge in [0, 0.05) is 36.4 Å². The van der Waals surface area contributed by atoms with Crippen LogP contribution in [-0.2, 0) is 21.4 Å². The van der Waals surface area contributed by atoms with E-state index in [4.69, 9.17) is 16.3 Å². The Balaban J connectivity index is 1.39. The van der Waals surface area contributed by atoms with Gasteiger partial charge >= 0.3 is 0 Å². The molecule has 1 amide bonds. The Morgan fingerprint density at radius 3 is 2.77 bits per heavy atom. The van der Waals surface area contributed by atoms with Gasteiger partial charge in [0.25, 0.3) is 0 Å². The Morgan fingerprint density at radius 1 is 1.16 bits per heavy atom. The number of pyridine rings is 1. The summed E-state index contributed by atoms with van der Waals surface area (Å²) < 4.78 is 7.84. The summed E-state index contributed by atoms with van der Waals surface area (Å²) >= 11 is 6.12. The Labute approximate surface area is 188 Å². The fourth-order valence-corrected chi connectivity index (χ4v) is 5.49. The molecular formula is C25H28ClN3O2. The summed E-state index contributed by atoms with van der Waals surface area (Å²) in [6.45, 7) is 2.65.